The second-order valence-corrected chi connectivity index (χ2v) is 8.29. The molecular weight excluding hydrogens is 338 g/mol. The van der Waals surface area contributed by atoms with Crippen molar-refractivity contribution in [3.63, 3.8) is 0 Å². The number of methoxy groups -OCH3 is 1. The molecule has 0 N–H and O–H groups in total. The molecule has 0 saturated carbocycles. The zero-order chi connectivity index (χ0) is 17.4. The molecule has 0 aromatic heterocycles. The predicted octanol–water partition coefficient (Wildman–Crippen LogP) is 2.42. The third-order valence-corrected chi connectivity index (χ3v) is 6.89. The monoisotopic (exact) mass is 359 g/mol. The van der Waals surface area contributed by atoms with Crippen LogP contribution in [-0.2, 0) is 29.3 Å². The van der Waals surface area contributed by atoms with Crippen molar-refractivity contribution in [3.8, 4) is 11.5 Å². The summed E-state index contributed by atoms with van der Waals surface area (Å²) in [6.45, 7) is 1.49. The van der Waals surface area contributed by atoms with Gasteiger partial charge in [0.05, 0.1) is 13.7 Å². The van der Waals surface area contributed by atoms with E-state index in [0.29, 0.717) is 43.2 Å². The first kappa shape index (κ1) is 16.4. The van der Waals surface area contributed by atoms with Gasteiger partial charge in [0, 0.05) is 19.5 Å². The topological polar surface area (TPSA) is 55.8 Å². The summed E-state index contributed by atoms with van der Waals surface area (Å²) in [5, 5.41) is 0. The Balaban J connectivity index is 1.64. The summed E-state index contributed by atoms with van der Waals surface area (Å²) in [4.78, 5) is 0.297. The van der Waals surface area contributed by atoms with Crippen molar-refractivity contribution < 1.29 is 17.9 Å². The van der Waals surface area contributed by atoms with E-state index in [1.165, 1.54) is 5.56 Å². The number of hydrogen-bond acceptors (Lipinski definition) is 4. The maximum absolute atomic E-state index is 13.2. The van der Waals surface area contributed by atoms with Crippen LogP contribution < -0.4 is 9.47 Å². The molecule has 5 nitrogen and oxygen atoms in total. The number of fused-ring (bicyclic) bond motifs is 2. The first-order valence-corrected chi connectivity index (χ1v) is 9.94. The van der Waals surface area contributed by atoms with Crippen molar-refractivity contribution in [2.75, 3.05) is 26.8 Å². The molecule has 0 saturated heterocycles. The fraction of sp³-hybridized carbons (Fsp3) is 0.368. The lowest BCUT2D eigenvalue weighted by atomic mass is 10.0. The van der Waals surface area contributed by atoms with Gasteiger partial charge in [-0.3, -0.25) is 0 Å². The van der Waals surface area contributed by atoms with Gasteiger partial charge in [0.25, 0.3) is 0 Å². The van der Waals surface area contributed by atoms with Crippen LogP contribution in [-0.4, -0.2) is 39.5 Å². The first-order chi connectivity index (χ1) is 12.1. The maximum Gasteiger partial charge on any atom is 0.246 e. The van der Waals surface area contributed by atoms with Crippen LogP contribution in [0.15, 0.2) is 41.3 Å². The van der Waals surface area contributed by atoms with E-state index < -0.39 is 10.0 Å². The number of hydrogen-bond donors (Lipinski definition) is 0. The van der Waals surface area contributed by atoms with Gasteiger partial charge in [-0.1, -0.05) is 18.2 Å². The van der Waals surface area contributed by atoms with Crippen LogP contribution in [0.3, 0.4) is 0 Å². The molecule has 6 heteroatoms. The van der Waals surface area contributed by atoms with E-state index in [2.05, 4.69) is 0 Å². The molecule has 4 rings (SSSR count). The van der Waals surface area contributed by atoms with Crippen LogP contribution >= 0.6 is 0 Å². The highest BCUT2D eigenvalue weighted by Crippen LogP contribution is 2.35. The van der Waals surface area contributed by atoms with E-state index in [1.54, 1.807) is 23.5 Å². The van der Waals surface area contributed by atoms with Crippen LogP contribution in [0, 0.1) is 0 Å². The zero-order valence-corrected chi connectivity index (χ0v) is 15.0. The molecule has 132 valence electrons. The largest absolute Gasteiger partial charge is 0.497 e. The molecule has 2 aromatic carbocycles. The molecule has 25 heavy (non-hydrogen) atoms. The van der Waals surface area contributed by atoms with Crippen LogP contribution in [0.1, 0.15) is 16.7 Å². The summed E-state index contributed by atoms with van der Waals surface area (Å²) in [6.07, 6.45) is 2.15. The average Bonchev–Trinajstić information content (AvgIpc) is 3.00. The Kier molecular flexibility index (Phi) is 4.17. The molecular formula is C19H21NO4S. The smallest absolute Gasteiger partial charge is 0.246 e. The zero-order valence-electron chi connectivity index (χ0n) is 14.2. The Labute approximate surface area is 148 Å². The van der Waals surface area contributed by atoms with Crippen LogP contribution in [0.5, 0.6) is 11.5 Å². The second-order valence-electron chi connectivity index (χ2n) is 6.38. The number of benzene rings is 2. The summed E-state index contributed by atoms with van der Waals surface area (Å²) < 4.78 is 38.9. The third-order valence-electron chi connectivity index (χ3n) is 4.97. The highest BCUT2D eigenvalue weighted by Gasteiger charge is 2.31. The predicted molar refractivity (Wildman–Crippen MR) is 94.8 cm³/mol. The van der Waals surface area contributed by atoms with Crippen molar-refractivity contribution in [2.24, 2.45) is 0 Å². The minimum Gasteiger partial charge on any atom is -0.497 e. The molecule has 2 heterocycles. The molecule has 0 aliphatic carbocycles. The van der Waals surface area contributed by atoms with E-state index >= 15 is 0 Å². The standard InChI is InChI=1S/C19H21NO4S/c1-23-17-6-5-14-7-10-20(11-8-16(14)13-17)25(21,22)18-4-2-3-15-9-12-24-19(15)18/h2-6,13H,7-12H2,1H3. The summed E-state index contributed by atoms with van der Waals surface area (Å²) in [6, 6.07) is 11.4. The van der Waals surface area contributed by atoms with Gasteiger partial charge in [-0.25, -0.2) is 8.42 Å². The number of nitrogens with zero attached hydrogens (tertiary/aromatic N) is 1. The minimum atomic E-state index is -3.57. The fourth-order valence-electron chi connectivity index (χ4n) is 3.58. The lowest BCUT2D eigenvalue weighted by Crippen LogP contribution is -2.33. The van der Waals surface area contributed by atoms with Gasteiger partial charge >= 0.3 is 0 Å². The van der Waals surface area contributed by atoms with Crippen molar-refractivity contribution >= 4 is 10.0 Å². The molecule has 0 amide bonds. The van der Waals surface area contributed by atoms with Gasteiger partial charge in [0.2, 0.25) is 10.0 Å². The number of sulfonamides is 1. The van der Waals surface area contributed by atoms with Gasteiger partial charge < -0.3 is 9.47 Å². The molecule has 0 bridgehead atoms. The Hall–Kier alpha value is -2.05. The third kappa shape index (κ3) is 2.89. The Morgan fingerprint density at radius 2 is 1.80 bits per heavy atom. The summed E-state index contributed by atoms with van der Waals surface area (Å²) >= 11 is 0. The fourth-order valence-corrected chi connectivity index (χ4v) is 5.19. The van der Waals surface area contributed by atoms with E-state index in [-0.39, 0.29) is 0 Å². The molecule has 0 unspecified atom stereocenters. The highest BCUT2D eigenvalue weighted by molar-refractivity contribution is 7.89. The maximum atomic E-state index is 13.2. The van der Waals surface area contributed by atoms with E-state index in [9.17, 15) is 8.42 Å². The molecule has 2 aromatic rings. The SMILES string of the molecule is COc1ccc2c(c1)CCN(S(=O)(=O)c1cccc3c1OCC3)CC2. The average molecular weight is 359 g/mol. The van der Waals surface area contributed by atoms with Gasteiger partial charge in [-0.05, 0) is 47.7 Å². The number of rotatable bonds is 3. The van der Waals surface area contributed by atoms with Crippen molar-refractivity contribution in [3.05, 3.63) is 53.1 Å². The Morgan fingerprint density at radius 1 is 1.00 bits per heavy atom. The molecule has 2 aliphatic heterocycles. The van der Waals surface area contributed by atoms with E-state index in [1.807, 2.05) is 24.3 Å². The lowest BCUT2D eigenvalue weighted by molar-refractivity contribution is 0.346. The molecule has 0 radical (unpaired) electrons. The summed E-state index contributed by atoms with van der Waals surface area (Å²) in [7, 11) is -1.92. The van der Waals surface area contributed by atoms with Crippen LogP contribution in [0.2, 0.25) is 0 Å². The van der Waals surface area contributed by atoms with E-state index in [0.717, 1.165) is 23.3 Å². The van der Waals surface area contributed by atoms with Crippen molar-refractivity contribution in [2.45, 2.75) is 24.2 Å². The normalized spacial score (nSPS) is 17.3. The molecule has 0 fully saturated rings. The Morgan fingerprint density at radius 3 is 2.60 bits per heavy atom. The molecule has 2 aliphatic rings. The summed E-state index contributed by atoms with van der Waals surface area (Å²) in [5.74, 6) is 1.34. The van der Waals surface area contributed by atoms with Crippen molar-refractivity contribution in [1.82, 2.24) is 4.31 Å². The molecule has 0 atom stereocenters. The molecule has 0 spiro atoms. The van der Waals surface area contributed by atoms with Crippen LogP contribution in [0.25, 0.3) is 0 Å². The quantitative estimate of drug-likeness (QED) is 0.845. The van der Waals surface area contributed by atoms with E-state index in [4.69, 9.17) is 9.47 Å². The van der Waals surface area contributed by atoms with Gasteiger partial charge in [-0.2, -0.15) is 4.31 Å². The van der Waals surface area contributed by atoms with Gasteiger partial charge in [0.15, 0.2) is 0 Å². The van der Waals surface area contributed by atoms with Gasteiger partial charge in [-0.15, -0.1) is 0 Å². The number of para-hydroxylation sites is 1. The van der Waals surface area contributed by atoms with Gasteiger partial charge in [0.1, 0.15) is 16.4 Å². The first-order valence-electron chi connectivity index (χ1n) is 8.50. The number of ether oxygens (including phenoxy) is 2. The second kappa shape index (κ2) is 6.35. The minimum absolute atomic E-state index is 0.297. The highest BCUT2D eigenvalue weighted by atomic mass is 32.2. The Bertz CT molecular complexity index is 908. The lowest BCUT2D eigenvalue weighted by Gasteiger charge is -2.21. The van der Waals surface area contributed by atoms with Crippen LogP contribution in [0.4, 0.5) is 0 Å². The summed E-state index contributed by atoms with van der Waals surface area (Å²) in [5.41, 5.74) is 3.32. The van der Waals surface area contributed by atoms with Crippen molar-refractivity contribution in [1.29, 1.82) is 0 Å².